The third kappa shape index (κ3) is 3.33. The highest BCUT2D eigenvalue weighted by Gasteiger charge is 2.23. The molecule has 2 aromatic carbocycles. The summed E-state index contributed by atoms with van der Waals surface area (Å²) in [5.41, 5.74) is 2.01. The molecule has 3 aromatic rings. The number of esters is 1. The van der Waals surface area contributed by atoms with Gasteiger partial charge in [0.25, 0.3) is 0 Å². The molecule has 1 heterocycles. The third-order valence-corrected chi connectivity index (χ3v) is 4.30. The zero-order valence-electron chi connectivity index (χ0n) is 15.1. The van der Waals surface area contributed by atoms with E-state index in [2.05, 4.69) is 4.98 Å². The largest absolute Gasteiger partial charge is 0.485 e. The first kappa shape index (κ1) is 17.7. The molecule has 0 spiro atoms. The number of ketones is 1. The van der Waals surface area contributed by atoms with Crippen LogP contribution in [0, 0.1) is 13.8 Å². The first-order valence-electron chi connectivity index (χ1n) is 8.53. The summed E-state index contributed by atoms with van der Waals surface area (Å²) in [5.74, 6) is 0.0184. The minimum absolute atomic E-state index is 0.114. The summed E-state index contributed by atoms with van der Waals surface area (Å²) in [6.07, 6.45) is 0. The van der Waals surface area contributed by atoms with Crippen molar-refractivity contribution in [3.05, 3.63) is 65.0 Å². The molecule has 0 aliphatic carbocycles. The zero-order valence-corrected chi connectivity index (χ0v) is 15.1. The lowest BCUT2D eigenvalue weighted by Gasteiger charge is -2.09. The predicted molar refractivity (Wildman–Crippen MR) is 100.0 cm³/mol. The van der Waals surface area contributed by atoms with Crippen LogP contribution >= 0.6 is 0 Å². The highest BCUT2D eigenvalue weighted by molar-refractivity contribution is 6.02. The van der Waals surface area contributed by atoms with Gasteiger partial charge < -0.3 is 14.5 Å². The van der Waals surface area contributed by atoms with Crippen LogP contribution in [0.3, 0.4) is 0 Å². The Bertz CT molecular complexity index is 966. The molecule has 1 N–H and O–H groups in total. The van der Waals surface area contributed by atoms with Crippen molar-refractivity contribution in [2.24, 2.45) is 0 Å². The van der Waals surface area contributed by atoms with Gasteiger partial charge in [0.05, 0.1) is 17.9 Å². The van der Waals surface area contributed by atoms with Gasteiger partial charge in [0.2, 0.25) is 5.78 Å². The third-order valence-electron chi connectivity index (χ3n) is 4.30. The van der Waals surface area contributed by atoms with Crippen LogP contribution in [-0.4, -0.2) is 30.0 Å². The van der Waals surface area contributed by atoms with Crippen molar-refractivity contribution in [3.8, 4) is 5.75 Å². The van der Waals surface area contributed by atoms with E-state index in [0.29, 0.717) is 28.3 Å². The second-order valence-corrected chi connectivity index (χ2v) is 6.03. The van der Waals surface area contributed by atoms with E-state index < -0.39 is 5.97 Å². The van der Waals surface area contributed by atoms with Crippen LogP contribution in [0.4, 0.5) is 0 Å². The highest BCUT2D eigenvalue weighted by atomic mass is 16.5. The number of Topliss-reactive ketones (excluding diaryl/α,β-unsaturated/α-hetero) is 1. The van der Waals surface area contributed by atoms with Gasteiger partial charge in [-0.25, -0.2) is 4.79 Å². The number of nitrogens with one attached hydrogen (secondary N) is 1. The number of aryl methyl sites for hydroxylation is 1. The molecule has 5 heteroatoms. The van der Waals surface area contributed by atoms with Crippen molar-refractivity contribution in [3.63, 3.8) is 0 Å². The predicted octanol–water partition coefficient (Wildman–Crippen LogP) is 4.22. The van der Waals surface area contributed by atoms with Crippen LogP contribution in [0.25, 0.3) is 10.8 Å². The minimum Gasteiger partial charge on any atom is -0.485 e. The van der Waals surface area contributed by atoms with Gasteiger partial charge in [-0.2, -0.15) is 0 Å². The second kappa shape index (κ2) is 7.44. The fourth-order valence-corrected chi connectivity index (χ4v) is 3.08. The van der Waals surface area contributed by atoms with Gasteiger partial charge in [0.1, 0.15) is 5.75 Å². The number of aromatic nitrogens is 1. The molecule has 3 rings (SSSR count). The summed E-state index contributed by atoms with van der Waals surface area (Å²) in [4.78, 5) is 27.7. The van der Waals surface area contributed by atoms with Crippen LogP contribution in [-0.2, 0) is 4.74 Å². The van der Waals surface area contributed by atoms with E-state index in [-0.39, 0.29) is 19.0 Å². The number of benzene rings is 2. The van der Waals surface area contributed by atoms with Crippen molar-refractivity contribution in [1.82, 2.24) is 4.98 Å². The molecular formula is C21H21NO4. The molecule has 0 aliphatic rings. The Morgan fingerprint density at radius 1 is 1.04 bits per heavy atom. The van der Waals surface area contributed by atoms with Gasteiger partial charge in [-0.1, -0.05) is 36.4 Å². The molecule has 0 fully saturated rings. The molecule has 134 valence electrons. The summed E-state index contributed by atoms with van der Waals surface area (Å²) in [7, 11) is 0. The fourth-order valence-electron chi connectivity index (χ4n) is 3.08. The number of carbonyl (C=O) groups is 2. The molecule has 0 saturated heterocycles. The molecule has 0 amide bonds. The van der Waals surface area contributed by atoms with E-state index in [9.17, 15) is 9.59 Å². The van der Waals surface area contributed by atoms with E-state index in [0.717, 1.165) is 10.8 Å². The number of ether oxygens (including phenoxy) is 2. The first-order valence-corrected chi connectivity index (χ1v) is 8.53. The standard InChI is InChI=1S/C21H21NO4/c1-4-25-21(24)19-13(2)20(22-14(19)3)17(23)12-26-18-11-7-9-15-8-5-6-10-16(15)18/h5-11,22H,4,12H2,1-3H3. The maximum absolute atomic E-state index is 12.6. The minimum atomic E-state index is -0.423. The maximum Gasteiger partial charge on any atom is 0.340 e. The van der Waals surface area contributed by atoms with Crippen LogP contribution < -0.4 is 4.74 Å². The van der Waals surface area contributed by atoms with Gasteiger partial charge >= 0.3 is 5.97 Å². The van der Waals surface area contributed by atoms with E-state index in [1.54, 1.807) is 20.8 Å². The lowest BCUT2D eigenvalue weighted by Crippen LogP contribution is -2.14. The molecular weight excluding hydrogens is 330 g/mol. The average Bonchev–Trinajstić information content (AvgIpc) is 2.94. The van der Waals surface area contributed by atoms with Crippen molar-refractivity contribution in [2.45, 2.75) is 20.8 Å². The molecule has 26 heavy (non-hydrogen) atoms. The topological polar surface area (TPSA) is 68.4 Å². The fraction of sp³-hybridized carbons (Fsp3) is 0.238. The van der Waals surface area contributed by atoms with Gasteiger partial charge in [0, 0.05) is 11.1 Å². The smallest absolute Gasteiger partial charge is 0.340 e. The van der Waals surface area contributed by atoms with Crippen LogP contribution in [0.2, 0.25) is 0 Å². The molecule has 5 nitrogen and oxygen atoms in total. The number of carbonyl (C=O) groups excluding carboxylic acids is 2. The van der Waals surface area contributed by atoms with Crippen molar-refractivity contribution in [2.75, 3.05) is 13.2 Å². The van der Waals surface area contributed by atoms with Gasteiger partial charge in [-0.05, 0) is 37.8 Å². The summed E-state index contributed by atoms with van der Waals surface area (Å²) < 4.78 is 10.8. The Labute approximate surface area is 151 Å². The Balaban J connectivity index is 1.80. The SMILES string of the molecule is CCOC(=O)c1c(C)[nH]c(C(=O)COc2cccc3ccccc23)c1C. The Hall–Kier alpha value is -3.08. The van der Waals surface area contributed by atoms with E-state index >= 15 is 0 Å². The number of aromatic amines is 1. The van der Waals surface area contributed by atoms with Crippen molar-refractivity contribution in [1.29, 1.82) is 0 Å². The number of hydrogen-bond donors (Lipinski definition) is 1. The number of rotatable bonds is 6. The van der Waals surface area contributed by atoms with Crippen LogP contribution in [0.15, 0.2) is 42.5 Å². The number of hydrogen-bond acceptors (Lipinski definition) is 4. The van der Waals surface area contributed by atoms with Gasteiger partial charge in [-0.15, -0.1) is 0 Å². The van der Waals surface area contributed by atoms with Crippen LogP contribution in [0.5, 0.6) is 5.75 Å². The lowest BCUT2D eigenvalue weighted by atomic mass is 10.1. The van der Waals surface area contributed by atoms with Gasteiger partial charge in [0.15, 0.2) is 6.61 Å². The Morgan fingerprint density at radius 2 is 1.77 bits per heavy atom. The number of fused-ring (bicyclic) bond motifs is 1. The van der Waals surface area contributed by atoms with Crippen molar-refractivity contribution >= 4 is 22.5 Å². The first-order chi connectivity index (χ1) is 12.5. The lowest BCUT2D eigenvalue weighted by molar-refractivity contribution is 0.0525. The normalized spacial score (nSPS) is 10.7. The highest BCUT2D eigenvalue weighted by Crippen LogP contribution is 2.26. The van der Waals surface area contributed by atoms with E-state index in [1.165, 1.54) is 0 Å². The molecule has 0 bridgehead atoms. The molecule has 0 unspecified atom stereocenters. The molecule has 0 aliphatic heterocycles. The average molecular weight is 351 g/mol. The maximum atomic E-state index is 12.6. The summed E-state index contributed by atoms with van der Waals surface area (Å²) >= 11 is 0. The number of H-pyrrole nitrogens is 1. The molecule has 1 aromatic heterocycles. The molecule has 0 saturated carbocycles. The van der Waals surface area contributed by atoms with E-state index in [1.807, 2.05) is 42.5 Å². The van der Waals surface area contributed by atoms with E-state index in [4.69, 9.17) is 9.47 Å². The zero-order chi connectivity index (χ0) is 18.7. The summed E-state index contributed by atoms with van der Waals surface area (Å²) in [6.45, 7) is 5.41. The quantitative estimate of drug-likeness (QED) is 0.533. The summed E-state index contributed by atoms with van der Waals surface area (Å²) in [5, 5.41) is 2.00. The summed E-state index contributed by atoms with van der Waals surface area (Å²) in [6, 6.07) is 13.6. The monoisotopic (exact) mass is 351 g/mol. The van der Waals surface area contributed by atoms with Gasteiger partial charge in [-0.3, -0.25) is 4.79 Å². The molecule has 0 radical (unpaired) electrons. The Morgan fingerprint density at radius 3 is 2.54 bits per heavy atom. The second-order valence-electron chi connectivity index (χ2n) is 6.03. The Kier molecular flexibility index (Phi) is 5.07. The molecule has 0 atom stereocenters. The van der Waals surface area contributed by atoms with Crippen molar-refractivity contribution < 1.29 is 19.1 Å². The van der Waals surface area contributed by atoms with Crippen LogP contribution in [0.1, 0.15) is 39.0 Å².